The number of aromatic nitrogens is 2. The van der Waals surface area contributed by atoms with Gasteiger partial charge in [0.05, 0.1) is 11.8 Å². The molecule has 1 aromatic heterocycles. The molecule has 2 saturated carbocycles. The number of carbonyl (C=O) groups is 1. The molecule has 4 aliphatic rings. The average Bonchev–Trinajstić information content (AvgIpc) is 3.51. The van der Waals surface area contributed by atoms with Gasteiger partial charge in [0, 0.05) is 56.7 Å². The van der Waals surface area contributed by atoms with Crippen LogP contribution in [0.3, 0.4) is 0 Å². The number of ether oxygens (including phenoxy) is 1. The Kier molecular flexibility index (Phi) is 6.15. The molecule has 0 spiro atoms. The van der Waals surface area contributed by atoms with Crippen molar-refractivity contribution in [3.8, 4) is 0 Å². The minimum Gasteiger partial charge on any atom is -0.381 e. The summed E-state index contributed by atoms with van der Waals surface area (Å²) in [6.07, 6.45) is 11.0. The van der Waals surface area contributed by atoms with Crippen molar-refractivity contribution in [2.24, 2.45) is 5.92 Å². The summed E-state index contributed by atoms with van der Waals surface area (Å²) >= 11 is 0. The largest absolute Gasteiger partial charge is 0.381 e. The Bertz CT molecular complexity index is 855. The first kappa shape index (κ1) is 21.1. The van der Waals surface area contributed by atoms with Crippen LogP contribution in [0.5, 0.6) is 0 Å². The van der Waals surface area contributed by atoms with Crippen molar-refractivity contribution in [2.45, 2.75) is 88.8 Å². The third kappa shape index (κ3) is 4.31. The molecule has 1 saturated heterocycles. The van der Waals surface area contributed by atoms with E-state index >= 15 is 0 Å². The Morgan fingerprint density at radius 2 is 1.84 bits per heavy atom. The van der Waals surface area contributed by atoms with Gasteiger partial charge in [0.25, 0.3) is 5.56 Å². The van der Waals surface area contributed by atoms with Crippen LogP contribution in [0.1, 0.15) is 80.8 Å². The number of nitrogens with zero attached hydrogens (tertiary/aromatic N) is 3. The molecule has 5 rings (SSSR count). The number of amides is 1. The molecule has 1 atom stereocenters. The van der Waals surface area contributed by atoms with Crippen LogP contribution < -0.4 is 5.56 Å². The van der Waals surface area contributed by atoms with E-state index < -0.39 is 0 Å². The molecule has 0 bridgehead atoms. The molecule has 31 heavy (non-hydrogen) atoms. The molecule has 3 heterocycles. The highest BCUT2D eigenvalue weighted by Gasteiger charge is 2.35. The second-order valence-corrected chi connectivity index (χ2v) is 10.0. The van der Waals surface area contributed by atoms with Crippen molar-refractivity contribution >= 4 is 5.91 Å². The topological polar surface area (TPSA) is 78.5 Å². The van der Waals surface area contributed by atoms with E-state index in [0.29, 0.717) is 18.7 Å². The molecular weight excluding hydrogens is 392 g/mol. The molecule has 0 radical (unpaired) electrons. The number of methoxy groups -OCH3 is 1. The van der Waals surface area contributed by atoms with Gasteiger partial charge in [-0.15, -0.1) is 0 Å². The Hall–Kier alpha value is -1.73. The van der Waals surface area contributed by atoms with E-state index in [9.17, 15) is 9.59 Å². The van der Waals surface area contributed by atoms with Crippen molar-refractivity contribution < 1.29 is 9.53 Å². The summed E-state index contributed by atoms with van der Waals surface area (Å²) in [6, 6.07) is 0.658. The van der Waals surface area contributed by atoms with Crippen LogP contribution in [0, 0.1) is 5.92 Å². The molecule has 7 heteroatoms. The fraction of sp³-hybridized carbons (Fsp3) is 0.792. The smallest absolute Gasteiger partial charge is 0.254 e. The number of hydrogen-bond acceptors (Lipinski definition) is 5. The van der Waals surface area contributed by atoms with Crippen LogP contribution >= 0.6 is 0 Å². The summed E-state index contributed by atoms with van der Waals surface area (Å²) in [5.74, 6) is 1.33. The summed E-state index contributed by atoms with van der Waals surface area (Å²) in [4.78, 5) is 38.4. The Morgan fingerprint density at radius 1 is 1.06 bits per heavy atom. The van der Waals surface area contributed by atoms with E-state index in [1.165, 1.54) is 25.7 Å². The molecule has 0 aromatic carbocycles. The monoisotopic (exact) mass is 428 g/mol. The zero-order valence-corrected chi connectivity index (χ0v) is 18.8. The van der Waals surface area contributed by atoms with E-state index in [1.807, 2.05) is 4.90 Å². The van der Waals surface area contributed by atoms with E-state index in [0.717, 1.165) is 75.2 Å². The van der Waals surface area contributed by atoms with E-state index in [1.54, 1.807) is 7.11 Å². The lowest BCUT2D eigenvalue weighted by molar-refractivity contribution is -0.136. The van der Waals surface area contributed by atoms with Gasteiger partial charge in [-0.05, 0) is 51.4 Å². The quantitative estimate of drug-likeness (QED) is 0.798. The molecule has 170 valence electrons. The predicted octanol–water partition coefficient (Wildman–Crippen LogP) is 2.59. The predicted molar refractivity (Wildman–Crippen MR) is 118 cm³/mol. The lowest BCUT2D eigenvalue weighted by atomic mass is 9.86. The first-order valence-corrected chi connectivity index (χ1v) is 12.3. The standard InChI is InChI=1S/C24H36N4O3/c1-31-19-8-6-16(7-9-19)24(30)28-12-10-17(14-28)22-25-21-15-27(18-4-2-3-5-18)13-11-20(21)23(29)26-22/h16-19H,2-15H2,1H3,(H,25,26,29)/t16?,17-,19?/m0/s1. The minimum absolute atomic E-state index is 0.0359. The van der Waals surface area contributed by atoms with Crippen LogP contribution in [0.25, 0.3) is 0 Å². The molecule has 1 aromatic rings. The zero-order chi connectivity index (χ0) is 21.4. The van der Waals surface area contributed by atoms with Gasteiger partial charge >= 0.3 is 0 Å². The number of aromatic amines is 1. The number of hydrogen-bond donors (Lipinski definition) is 1. The van der Waals surface area contributed by atoms with Gasteiger partial charge < -0.3 is 14.6 Å². The highest BCUT2D eigenvalue weighted by atomic mass is 16.5. The van der Waals surface area contributed by atoms with Crippen LogP contribution in [0.2, 0.25) is 0 Å². The van der Waals surface area contributed by atoms with Gasteiger partial charge in [0.1, 0.15) is 5.82 Å². The third-order valence-corrected chi connectivity index (χ3v) is 8.21. The van der Waals surface area contributed by atoms with Crippen LogP contribution in [-0.2, 0) is 22.5 Å². The molecule has 3 fully saturated rings. The second kappa shape index (κ2) is 9.02. The van der Waals surface area contributed by atoms with Gasteiger partial charge in [-0.1, -0.05) is 12.8 Å². The summed E-state index contributed by atoms with van der Waals surface area (Å²) < 4.78 is 5.45. The van der Waals surface area contributed by atoms with Crippen molar-refractivity contribution in [3.63, 3.8) is 0 Å². The molecule has 0 unspecified atom stereocenters. The fourth-order valence-electron chi connectivity index (χ4n) is 6.24. The van der Waals surface area contributed by atoms with Gasteiger partial charge in [-0.3, -0.25) is 14.5 Å². The van der Waals surface area contributed by atoms with Gasteiger partial charge in [-0.2, -0.15) is 0 Å². The molecular formula is C24H36N4O3. The molecule has 7 nitrogen and oxygen atoms in total. The van der Waals surface area contributed by atoms with Crippen LogP contribution in [0.15, 0.2) is 4.79 Å². The average molecular weight is 429 g/mol. The van der Waals surface area contributed by atoms with Crippen LogP contribution in [-0.4, -0.2) is 64.6 Å². The summed E-state index contributed by atoms with van der Waals surface area (Å²) in [5.41, 5.74) is 1.88. The van der Waals surface area contributed by atoms with Crippen molar-refractivity contribution in [2.75, 3.05) is 26.7 Å². The molecule has 2 aliphatic carbocycles. The third-order valence-electron chi connectivity index (χ3n) is 8.21. The second-order valence-electron chi connectivity index (χ2n) is 10.0. The number of nitrogens with one attached hydrogen (secondary N) is 1. The molecule has 1 N–H and O–H groups in total. The van der Waals surface area contributed by atoms with Crippen molar-refractivity contribution in [1.29, 1.82) is 0 Å². The highest BCUT2D eigenvalue weighted by molar-refractivity contribution is 5.79. The Balaban J connectivity index is 1.25. The highest BCUT2D eigenvalue weighted by Crippen LogP contribution is 2.32. The maximum atomic E-state index is 13.0. The summed E-state index contributed by atoms with van der Waals surface area (Å²) in [5, 5.41) is 0. The van der Waals surface area contributed by atoms with Crippen molar-refractivity contribution in [1.82, 2.24) is 19.8 Å². The minimum atomic E-state index is 0.0359. The maximum absolute atomic E-state index is 13.0. The van der Waals surface area contributed by atoms with Gasteiger partial charge in [-0.25, -0.2) is 4.98 Å². The lowest BCUT2D eigenvalue weighted by Gasteiger charge is -2.33. The first-order valence-electron chi connectivity index (χ1n) is 12.3. The van der Waals surface area contributed by atoms with Gasteiger partial charge in [0.15, 0.2) is 0 Å². The molecule has 2 aliphatic heterocycles. The number of rotatable bonds is 4. The number of likely N-dealkylation sites (tertiary alicyclic amines) is 1. The number of fused-ring (bicyclic) bond motifs is 1. The van der Waals surface area contributed by atoms with E-state index in [2.05, 4.69) is 9.88 Å². The summed E-state index contributed by atoms with van der Waals surface area (Å²) in [6.45, 7) is 3.22. The normalized spacial score (nSPS) is 30.0. The van der Waals surface area contributed by atoms with Crippen LogP contribution in [0.4, 0.5) is 0 Å². The maximum Gasteiger partial charge on any atom is 0.254 e. The fourth-order valence-corrected chi connectivity index (χ4v) is 6.24. The van der Waals surface area contributed by atoms with E-state index in [-0.39, 0.29) is 23.3 Å². The van der Waals surface area contributed by atoms with E-state index in [4.69, 9.17) is 9.72 Å². The summed E-state index contributed by atoms with van der Waals surface area (Å²) in [7, 11) is 1.76. The Morgan fingerprint density at radius 3 is 2.58 bits per heavy atom. The molecule has 1 amide bonds. The SMILES string of the molecule is COC1CCC(C(=O)N2CC[C@H](c3nc4c(c(=O)[nH]3)CCN(C3CCCC3)C4)C2)CC1. The first-order chi connectivity index (χ1) is 15.1. The Labute approximate surface area is 184 Å². The number of H-pyrrole nitrogens is 1. The van der Waals surface area contributed by atoms with Crippen molar-refractivity contribution in [3.05, 3.63) is 27.4 Å². The number of carbonyl (C=O) groups excluding carboxylic acids is 1. The lowest BCUT2D eigenvalue weighted by Crippen LogP contribution is -2.41. The zero-order valence-electron chi connectivity index (χ0n) is 18.8. The van der Waals surface area contributed by atoms with Gasteiger partial charge in [0.2, 0.25) is 5.91 Å².